The number of nitrogens with zero attached hydrogens (tertiary/aromatic N) is 3. The zero-order valence-electron chi connectivity index (χ0n) is 20.3. The van der Waals surface area contributed by atoms with Gasteiger partial charge in [-0.2, -0.15) is 4.31 Å². The Morgan fingerprint density at radius 1 is 0.919 bits per heavy atom. The number of rotatable bonds is 11. The highest BCUT2D eigenvalue weighted by Gasteiger charge is 2.29. The van der Waals surface area contributed by atoms with E-state index in [0.717, 1.165) is 16.4 Å². The number of sulfonamides is 1. The van der Waals surface area contributed by atoms with Crippen LogP contribution in [0.15, 0.2) is 76.2 Å². The van der Waals surface area contributed by atoms with Gasteiger partial charge in [-0.05, 0) is 54.1 Å². The fourth-order valence-corrected chi connectivity index (χ4v) is 5.38. The first-order valence-electron chi connectivity index (χ1n) is 11.9. The standard InChI is InChI=1S/C26H29F2N3O5S/c27-22-5-3-21(4-6-22)18-30(19-24-2-1-15-36-24)26(32)20-31(12-11-29-13-16-35-17-14-29)37(33,34)25-9-7-23(28)8-10-25/h1-10,15H,11-14,16-20H2. The molecule has 2 heterocycles. The number of hydrogen-bond donors (Lipinski definition) is 0. The molecule has 2 aromatic carbocycles. The van der Waals surface area contributed by atoms with Gasteiger partial charge in [0.25, 0.3) is 0 Å². The van der Waals surface area contributed by atoms with E-state index in [2.05, 4.69) is 4.90 Å². The van der Waals surface area contributed by atoms with E-state index < -0.39 is 34.1 Å². The van der Waals surface area contributed by atoms with Crippen molar-refractivity contribution < 1.29 is 31.1 Å². The molecule has 0 bridgehead atoms. The summed E-state index contributed by atoms with van der Waals surface area (Å²) in [6, 6.07) is 13.7. The normalized spacial score (nSPS) is 14.7. The van der Waals surface area contributed by atoms with Crippen molar-refractivity contribution in [2.75, 3.05) is 45.9 Å². The second kappa shape index (κ2) is 12.4. The summed E-state index contributed by atoms with van der Waals surface area (Å²) in [7, 11) is -4.10. The molecule has 1 amide bonds. The third kappa shape index (κ3) is 7.45. The first-order valence-corrected chi connectivity index (χ1v) is 13.4. The molecular weight excluding hydrogens is 504 g/mol. The van der Waals surface area contributed by atoms with E-state index in [-0.39, 0.29) is 24.5 Å². The van der Waals surface area contributed by atoms with Crippen LogP contribution in [-0.4, -0.2) is 74.4 Å². The van der Waals surface area contributed by atoms with Gasteiger partial charge in [0.1, 0.15) is 17.4 Å². The summed E-state index contributed by atoms with van der Waals surface area (Å²) in [5.41, 5.74) is 0.683. The molecule has 4 rings (SSSR count). The molecule has 1 fully saturated rings. The SMILES string of the molecule is O=C(CN(CCN1CCOCC1)S(=O)(=O)c1ccc(F)cc1)N(Cc1ccc(F)cc1)Cc1ccco1. The summed E-state index contributed by atoms with van der Waals surface area (Å²) in [5, 5.41) is 0. The lowest BCUT2D eigenvalue weighted by molar-refractivity contribution is -0.133. The Morgan fingerprint density at radius 2 is 1.57 bits per heavy atom. The van der Waals surface area contributed by atoms with Crippen molar-refractivity contribution in [3.05, 3.63) is 89.9 Å². The van der Waals surface area contributed by atoms with Crippen LogP contribution >= 0.6 is 0 Å². The zero-order chi connectivity index (χ0) is 26.3. The van der Waals surface area contributed by atoms with Gasteiger partial charge in [0.05, 0.1) is 37.5 Å². The third-order valence-electron chi connectivity index (χ3n) is 6.10. The lowest BCUT2D eigenvalue weighted by Gasteiger charge is -2.31. The molecule has 0 unspecified atom stereocenters. The molecule has 0 spiro atoms. The predicted octanol–water partition coefficient (Wildman–Crippen LogP) is 3.11. The minimum absolute atomic E-state index is 0.0661. The molecule has 1 aliphatic rings. The van der Waals surface area contributed by atoms with Crippen LogP contribution in [0, 0.1) is 11.6 Å². The first-order chi connectivity index (χ1) is 17.8. The van der Waals surface area contributed by atoms with Crippen LogP contribution in [-0.2, 0) is 32.6 Å². The van der Waals surface area contributed by atoms with E-state index in [1.54, 1.807) is 24.3 Å². The number of morpholine rings is 1. The number of ether oxygens (including phenoxy) is 1. The fraction of sp³-hybridized carbons (Fsp3) is 0.346. The molecule has 0 N–H and O–H groups in total. The molecular formula is C26H29F2N3O5S. The Bertz CT molecular complexity index is 1250. The molecule has 3 aromatic rings. The summed E-state index contributed by atoms with van der Waals surface area (Å²) < 4.78 is 65.8. The number of benzene rings is 2. The molecule has 1 aromatic heterocycles. The van der Waals surface area contributed by atoms with Crippen molar-refractivity contribution in [2.24, 2.45) is 0 Å². The number of hydrogen-bond acceptors (Lipinski definition) is 6. The number of amides is 1. The van der Waals surface area contributed by atoms with E-state index in [0.29, 0.717) is 44.2 Å². The van der Waals surface area contributed by atoms with Crippen LogP contribution in [0.4, 0.5) is 8.78 Å². The Labute approximate surface area is 215 Å². The summed E-state index contributed by atoms with van der Waals surface area (Å²) in [6.07, 6.45) is 1.49. The fourth-order valence-electron chi connectivity index (χ4n) is 4.00. The molecule has 1 aliphatic heterocycles. The quantitative estimate of drug-likeness (QED) is 0.377. The van der Waals surface area contributed by atoms with Crippen molar-refractivity contribution in [1.29, 1.82) is 0 Å². The van der Waals surface area contributed by atoms with Gasteiger partial charge in [-0.15, -0.1) is 0 Å². The molecule has 0 atom stereocenters. The Morgan fingerprint density at radius 3 is 2.19 bits per heavy atom. The van der Waals surface area contributed by atoms with Gasteiger partial charge < -0.3 is 14.1 Å². The van der Waals surface area contributed by atoms with Gasteiger partial charge in [-0.1, -0.05) is 12.1 Å². The van der Waals surface area contributed by atoms with Crippen LogP contribution in [0.5, 0.6) is 0 Å². The molecule has 37 heavy (non-hydrogen) atoms. The predicted molar refractivity (Wildman–Crippen MR) is 132 cm³/mol. The summed E-state index contributed by atoms with van der Waals surface area (Å²) in [6.45, 7) is 2.72. The van der Waals surface area contributed by atoms with Crippen molar-refractivity contribution in [3.63, 3.8) is 0 Å². The minimum Gasteiger partial charge on any atom is -0.467 e. The minimum atomic E-state index is -4.10. The molecule has 0 radical (unpaired) electrons. The highest BCUT2D eigenvalue weighted by atomic mass is 32.2. The highest BCUT2D eigenvalue weighted by molar-refractivity contribution is 7.89. The highest BCUT2D eigenvalue weighted by Crippen LogP contribution is 2.18. The van der Waals surface area contributed by atoms with E-state index in [9.17, 15) is 22.0 Å². The van der Waals surface area contributed by atoms with E-state index in [4.69, 9.17) is 9.15 Å². The van der Waals surface area contributed by atoms with Gasteiger partial charge >= 0.3 is 0 Å². The maximum absolute atomic E-state index is 13.5. The summed E-state index contributed by atoms with van der Waals surface area (Å²) >= 11 is 0. The first kappa shape index (κ1) is 26.9. The van der Waals surface area contributed by atoms with Crippen molar-refractivity contribution >= 4 is 15.9 Å². The maximum Gasteiger partial charge on any atom is 0.243 e. The van der Waals surface area contributed by atoms with Gasteiger partial charge in [0, 0.05) is 32.7 Å². The summed E-state index contributed by atoms with van der Waals surface area (Å²) in [4.78, 5) is 17.0. The monoisotopic (exact) mass is 533 g/mol. The summed E-state index contributed by atoms with van der Waals surface area (Å²) in [5.74, 6) is -0.878. The molecule has 1 saturated heterocycles. The van der Waals surface area contributed by atoms with Crippen LogP contribution in [0.3, 0.4) is 0 Å². The Hall–Kier alpha value is -3.12. The molecule has 0 aliphatic carbocycles. The smallest absolute Gasteiger partial charge is 0.243 e. The van der Waals surface area contributed by atoms with E-state index in [1.165, 1.54) is 35.4 Å². The zero-order valence-corrected chi connectivity index (χ0v) is 21.1. The van der Waals surface area contributed by atoms with Crippen molar-refractivity contribution in [2.45, 2.75) is 18.0 Å². The third-order valence-corrected chi connectivity index (χ3v) is 7.96. The average molecular weight is 534 g/mol. The van der Waals surface area contributed by atoms with Crippen LogP contribution in [0.25, 0.3) is 0 Å². The molecule has 198 valence electrons. The van der Waals surface area contributed by atoms with E-state index >= 15 is 0 Å². The van der Waals surface area contributed by atoms with Crippen LogP contribution in [0.2, 0.25) is 0 Å². The van der Waals surface area contributed by atoms with Crippen LogP contribution in [0.1, 0.15) is 11.3 Å². The second-order valence-electron chi connectivity index (χ2n) is 8.70. The second-order valence-corrected chi connectivity index (χ2v) is 10.6. The average Bonchev–Trinajstić information content (AvgIpc) is 3.41. The van der Waals surface area contributed by atoms with Gasteiger partial charge in [0.2, 0.25) is 15.9 Å². The number of halogens is 2. The lowest BCUT2D eigenvalue weighted by Crippen LogP contribution is -2.47. The van der Waals surface area contributed by atoms with E-state index in [1.807, 2.05) is 0 Å². The Balaban J connectivity index is 1.56. The van der Waals surface area contributed by atoms with Gasteiger partial charge in [0.15, 0.2) is 0 Å². The van der Waals surface area contributed by atoms with Gasteiger partial charge in [-0.3, -0.25) is 9.69 Å². The lowest BCUT2D eigenvalue weighted by atomic mass is 10.2. The maximum atomic E-state index is 13.5. The number of furan rings is 1. The number of carbonyl (C=O) groups excluding carboxylic acids is 1. The van der Waals surface area contributed by atoms with Crippen LogP contribution < -0.4 is 0 Å². The molecule has 0 saturated carbocycles. The van der Waals surface area contributed by atoms with Crippen molar-refractivity contribution in [1.82, 2.24) is 14.1 Å². The number of carbonyl (C=O) groups is 1. The molecule has 11 heteroatoms. The van der Waals surface area contributed by atoms with Gasteiger partial charge in [-0.25, -0.2) is 17.2 Å². The topological polar surface area (TPSA) is 83.3 Å². The Kier molecular flexibility index (Phi) is 9.04. The molecule has 8 nitrogen and oxygen atoms in total. The van der Waals surface area contributed by atoms with Crippen molar-refractivity contribution in [3.8, 4) is 0 Å². The largest absolute Gasteiger partial charge is 0.467 e.